The minimum Gasteiger partial charge on any atom is -0.481 e. The van der Waals surface area contributed by atoms with E-state index in [1.165, 1.54) is 6.07 Å². The number of carbonyl (C=O) groups is 1. The molecule has 2 rings (SSSR count). The third-order valence-electron chi connectivity index (χ3n) is 2.31. The van der Waals surface area contributed by atoms with Gasteiger partial charge in [-0.2, -0.15) is 0 Å². The Morgan fingerprint density at radius 2 is 2.05 bits per heavy atom. The van der Waals surface area contributed by atoms with Crippen LogP contribution in [0, 0.1) is 0 Å². The molecule has 0 fully saturated rings. The lowest BCUT2D eigenvalue weighted by Crippen LogP contribution is -2.13. The molecule has 1 aromatic carbocycles. The number of nitrogens with zero attached hydrogens (tertiary/aromatic N) is 1. The zero-order valence-corrected chi connectivity index (χ0v) is 11.0. The zero-order chi connectivity index (χ0) is 14.0. The lowest BCUT2D eigenvalue weighted by atomic mass is 10.2. The molecule has 0 spiro atoms. The van der Waals surface area contributed by atoms with E-state index in [1.807, 2.05) is 0 Å². The van der Waals surface area contributed by atoms with E-state index >= 15 is 0 Å². The zero-order valence-electron chi connectivity index (χ0n) is 9.48. The maximum atomic E-state index is 11.5. The Morgan fingerprint density at radius 3 is 2.68 bits per heavy atom. The van der Waals surface area contributed by atoms with Crippen LogP contribution in [-0.4, -0.2) is 21.0 Å². The van der Waals surface area contributed by atoms with Crippen molar-refractivity contribution in [3.05, 3.63) is 50.4 Å². The molecular formula is C12H8Cl2N2O3. The first-order valence-corrected chi connectivity index (χ1v) is 5.99. The van der Waals surface area contributed by atoms with Gasteiger partial charge in [-0.15, -0.1) is 0 Å². The fourth-order valence-corrected chi connectivity index (χ4v) is 2.06. The second kappa shape index (κ2) is 5.42. The number of H-pyrrole nitrogens is 1. The molecule has 0 saturated heterocycles. The van der Waals surface area contributed by atoms with Crippen molar-refractivity contribution >= 4 is 29.2 Å². The van der Waals surface area contributed by atoms with E-state index in [0.717, 1.165) is 6.07 Å². The molecule has 19 heavy (non-hydrogen) atoms. The molecule has 1 heterocycles. The molecule has 0 aliphatic carbocycles. The molecule has 0 atom stereocenters. The van der Waals surface area contributed by atoms with Crippen LogP contribution in [0.4, 0.5) is 0 Å². The van der Waals surface area contributed by atoms with Crippen LogP contribution in [-0.2, 0) is 11.2 Å². The Kier molecular flexibility index (Phi) is 3.87. The third-order valence-corrected chi connectivity index (χ3v) is 2.86. The van der Waals surface area contributed by atoms with Crippen molar-refractivity contribution in [3.63, 3.8) is 0 Å². The SMILES string of the molecule is O=C(O)Cc1cc(=O)[nH]c(-c2ccc(Cl)cc2Cl)n1. The van der Waals surface area contributed by atoms with E-state index in [-0.39, 0.29) is 17.9 Å². The Balaban J connectivity index is 2.52. The lowest BCUT2D eigenvalue weighted by Gasteiger charge is -2.05. The van der Waals surface area contributed by atoms with Gasteiger partial charge in [0.2, 0.25) is 0 Å². The number of aliphatic carboxylic acids is 1. The van der Waals surface area contributed by atoms with Crippen LogP contribution < -0.4 is 5.56 Å². The molecule has 1 aromatic heterocycles. The smallest absolute Gasteiger partial charge is 0.309 e. The van der Waals surface area contributed by atoms with Crippen molar-refractivity contribution in [3.8, 4) is 11.4 Å². The minimum atomic E-state index is -1.06. The van der Waals surface area contributed by atoms with E-state index in [9.17, 15) is 9.59 Å². The summed E-state index contributed by atoms with van der Waals surface area (Å²) in [6.07, 6.45) is -0.331. The van der Waals surface area contributed by atoms with Crippen molar-refractivity contribution in [2.45, 2.75) is 6.42 Å². The summed E-state index contributed by atoms with van der Waals surface area (Å²) in [6.45, 7) is 0. The predicted octanol–water partition coefficient (Wildman–Crippen LogP) is 2.37. The second-order valence-electron chi connectivity index (χ2n) is 3.78. The van der Waals surface area contributed by atoms with Crippen LogP contribution in [0.1, 0.15) is 5.69 Å². The fraction of sp³-hybridized carbons (Fsp3) is 0.0833. The van der Waals surface area contributed by atoms with Crippen molar-refractivity contribution in [1.82, 2.24) is 9.97 Å². The van der Waals surface area contributed by atoms with Crippen molar-refractivity contribution in [1.29, 1.82) is 0 Å². The predicted molar refractivity (Wildman–Crippen MR) is 71.7 cm³/mol. The van der Waals surface area contributed by atoms with Crippen molar-refractivity contribution < 1.29 is 9.90 Å². The number of hydrogen-bond acceptors (Lipinski definition) is 3. The molecule has 0 unspecified atom stereocenters. The van der Waals surface area contributed by atoms with E-state index in [4.69, 9.17) is 28.3 Å². The summed E-state index contributed by atoms with van der Waals surface area (Å²) in [6, 6.07) is 5.86. The number of nitrogens with one attached hydrogen (secondary N) is 1. The standard InChI is InChI=1S/C12H8Cl2N2O3/c13-6-1-2-8(9(14)3-6)12-15-7(5-11(18)19)4-10(17)16-12/h1-4H,5H2,(H,18,19)(H,15,16,17). The van der Waals surface area contributed by atoms with Crippen molar-refractivity contribution in [2.24, 2.45) is 0 Å². The Bertz CT molecular complexity index is 698. The first-order chi connectivity index (χ1) is 8.95. The highest BCUT2D eigenvalue weighted by Crippen LogP contribution is 2.27. The Morgan fingerprint density at radius 1 is 1.32 bits per heavy atom. The first-order valence-electron chi connectivity index (χ1n) is 5.23. The van der Waals surface area contributed by atoms with Crippen LogP contribution >= 0.6 is 23.2 Å². The quantitative estimate of drug-likeness (QED) is 0.911. The van der Waals surface area contributed by atoms with Gasteiger partial charge in [0.15, 0.2) is 0 Å². The maximum Gasteiger partial charge on any atom is 0.309 e. The molecule has 0 aliphatic heterocycles. The lowest BCUT2D eigenvalue weighted by molar-refractivity contribution is -0.136. The van der Waals surface area contributed by atoms with Gasteiger partial charge in [-0.05, 0) is 18.2 Å². The largest absolute Gasteiger partial charge is 0.481 e. The van der Waals surface area contributed by atoms with Gasteiger partial charge in [-0.1, -0.05) is 23.2 Å². The highest BCUT2D eigenvalue weighted by Gasteiger charge is 2.10. The van der Waals surface area contributed by atoms with Gasteiger partial charge < -0.3 is 10.1 Å². The van der Waals surface area contributed by atoms with Crippen LogP contribution in [0.3, 0.4) is 0 Å². The summed E-state index contributed by atoms with van der Waals surface area (Å²) in [5, 5.41) is 9.49. The van der Waals surface area contributed by atoms with Gasteiger partial charge in [-0.25, -0.2) is 4.98 Å². The maximum absolute atomic E-state index is 11.5. The molecule has 0 aliphatic rings. The fourth-order valence-electron chi connectivity index (χ4n) is 1.56. The normalized spacial score (nSPS) is 10.4. The summed E-state index contributed by atoms with van der Waals surface area (Å²) in [5.74, 6) is -0.850. The molecule has 5 nitrogen and oxygen atoms in total. The third kappa shape index (κ3) is 3.33. The topological polar surface area (TPSA) is 83.0 Å². The highest BCUT2D eigenvalue weighted by molar-refractivity contribution is 6.36. The molecule has 7 heteroatoms. The number of aromatic amines is 1. The van der Waals surface area contributed by atoms with Gasteiger partial charge >= 0.3 is 5.97 Å². The van der Waals surface area contributed by atoms with Crippen LogP contribution in [0.5, 0.6) is 0 Å². The van der Waals surface area contributed by atoms with Crippen LogP contribution in [0.25, 0.3) is 11.4 Å². The second-order valence-corrected chi connectivity index (χ2v) is 4.62. The molecule has 0 radical (unpaired) electrons. The summed E-state index contributed by atoms with van der Waals surface area (Å²) in [7, 11) is 0. The Labute approximate surface area is 117 Å². The highest BCUT2D eigenvalue weighted by atomic mass is 35.5. The van der Waals surface area contributed by atoms with E-state index in [0.29, 0.717) is 15.6 Å². The number of rotatable bonds is 3. The molecule has 0 amide bonds. The van der Waals surface area contributed by atoms with Gasteiger partial charge in [0.25, 0.3) is 5.56 Å². The number of benzene rings is 1. The average molecular weight is 299 g/mol. The molecule has 2 N–H and O–H groups in total. The number of carboxylic acids is 1. The van der Waals surface area contributed by atoms with E-state index in [1.54, 1.807) is 12.1 Å². The molecule has 98 valence electrons. The monoisotopic (exact) mass is 298 g/mol. The number of carboxylic acid groups (broad SMARTS) is 1. The van der Waals surface area contributed by atoms with E-state index < -0.39 is 11.5 Å². The molecule has 0 saturated carbocycles. The van der Waals surface area contributed by atoms with Gasteiger partial charge in [0.05, 0.1) is 17.1 Å². The summed E-state index contributed by atoms with van der Waals surface area (Å²) >= 11 is 11.8. The van der Waals surface area contributed by atoms with Gasteiger partial charge in [-0.3, -0.25) is 9.59 Å². The van der Waals surface area contributed by atoms with Crippen molar-refractivity contribution in [2.75, 3.05) is 0 Å². The summed E-state index contributed by atoms with van der Waals surface area (Å²) in [5.41, 5.74) is 0.208. The first kappa shape index (κ1) is 13.6. The van der Waals surface area contributed by atoms with Gasteiger partial charge in [0.1, 0.15) is 5.82 Å². The van der Waals surface area contributed by atoms with Crippen LogP contribution in [0.2, 0.25) is 10.0 Å². The van der Waals surface area contributed by atoms with E-state index in [2.05, 4.69) is 9.97 Å². The number of hydrogen-bond donors (Lipinski definition) is 2. The minimum absolute atomic E-state index is 0.164. The number of halogens is 2. The summed E-state index contributed by atoms with van der Waals surface area (Å²) < 4.78 is 0. The molecule has 2 aromatic rings. The molecule has 0 bridgehead atoms. The number of aromatic nitrogens is 2. The average Bonchev–Trinajstić information content (AvgIpc) is 2.26. The summed E-state index contributed by atoms with van der Waals surface area (Å²) in [4.78, 5) is 28.7. The molecular weight excluding hydrogens is 291 g/mol. The Hall–Kier alpha value is -1.85. The van der Waals surface area contributed by atoms with Gasteiger partial charge in [0, 0.05) is 16.7 Å². The van der Waals surface area contributed by atoms with Crippen LogP contribution in [0.15, 0.2) is 29.1 Å².